The van der Waals surface area contributed by atoms with Gasteiger partial charge < -0.3 is 9.67 Å². The van der Waals surface area contributed by atoms with Crippen LogP contribution in [0.5, 0.6) is 0 Å². The average Bonchev–Trinajstić information content (AvgIpc) is 3.27. The van der Waals surface area contributed by atoms with Crippen LogP contribution in [0.2, 0.25) is 0 Å². The highest BCUT2D eigenvalue weighted by Gasteiger charge is 2.24. The molecule has 1 heterocycles. The molecule has 1 fully saturated rings. The van der Waals surface area contributed by atoms with Gasteiger partial charge in [0.25, 0.3) is 0 Å². The zero-order valence-electron chi connectivity index (χ0n) is 11.7. The molecule has 0 spiro atoms. The number of carboxylic acids is 1. The number of pyridine rings is 1. The quantitative estimate of drug-likeness (QED) is 0.939. The first-order valence-corrected chi connectivity index (χ1v) is 6.97. The van der Waals surface area contributed by atoms with Gasteiger partial charge in [-0.15, -0.1) is 0 Å². The Bertz CT molecular complexity index is 876. The predicted molar refractivity (Wildman–Crippen MR) is 77.2 cm³/mol. The lowest BCUT2D eigenvalue weighted by Crippen LogP contribution is -2.20. The molecule has 22 heavy (non-hydrogen) atoms. The summed E-state index contributed by atoms with van der Waals surface area (Å²) < 4.78 is 15.7. The molecule has 1 aromatic carbocycles. The molecule has 1 saturated carbocycles. The molecule has 0 amide bonds. The monoisotopic (exact) mass is 300 g/mol. The van der Waals surface area contributed by atoms with Crippen molar-refractivity contribution in [2.45, 2.75) is 25.8 Å². The van der Waals surface area contributed by atoms with Gasteiger partial charge in [-0.05, 0) is 30.9 Å². The van der Waals surface area contributed by atoms with E-state index in [-0.39, 0.29) is 22.9 Å². The number of carboxylic acid groups (broad SMARTS) is 1. The lowest BCUT2D eigenvalue weighted by molar-refractivity contribution is 0.0694. The van der Waals surface area contributed by atoms with E-state index in [1.807, 2.05) is 6.07 Å². The molecule has 0 unspecified atom stereocenters. The fourth-order valence-corrected chi connectivity index (χ4v) is 2.56. The number of fused-ring (bicyclic) bond motifs is 1. The Morgan fingerprint density at radius 1 is 1.45 bits per heavy atom. The summed E-state index contributed by atoms with van der Waals surface area (Å²) in [6.07, 6.45) is 3.34. The molecule has 1 N–H and O–H groups in total. The molecule has 2 aromatic rings. The van der Waals surface area contributed by atoms with Crippen LogP contribution in [-0.2, 0) is 13.0 Å². The van der Waals surface area contributed by atoms with Crippen molar-refractivity contribution >= 4 is 16.9 Å². The van der Waals surface area contributed by atoms with Gasteiger partial charge in [0.1, 0.15) is 11.4 Å². The minimum atomic E-state index is -1.32. The third-order valence-electron chi connectivity index (χ3n) is 3.90. The Kier molecular flexibility index (Phi) is 3.41. The Morgan fingerprint density at radius 2 is 2.18 bits per heavy atom. The van der Waals surface area contributed by atoms with E-state index in [0.717, 1.165) is 18.9 Å². The molecule has 6 heteroatoms. The van der Waals surface area contributed by atoms with Crippen LogP contribution in [-0.4, -0.2) is 15.6 Å². The molecule has 0 radical (unpaired) electrons. The van der Waals surface area contributed by atoms with E-state index in [0.29, 0.717) is 18.0 Å². The molecule has 0 aliphatic heterocycles. The number of nitriles is 1. The van der Waals surface area contributed by atoms with Gasteiger partial charge in [0.15, 0.2) is 0 Å². The predicted octanol–water partition coefficient (Wildman–Crippen LogP) is 2.31. The van der Waals surface area contributed by atoms with Gasteiger partial charge in [-0.2, -0.15) is 5.26 Å². The summed E-state index contributed by atoms with van der Waals surface area (Å²) in [7, 11) is 0. The van der Waals surface area contributed by atoms with Crippen molar-refractivity contribution in [2.75, 3.05) is 0 Å². The van der Waals surface area contributed by atoms with E-state index < -0.39 is 17.2 Å². The van der Waals surface area contributed by atoms with Gasteiger partial charge in [0, 0.05) is 23.7 Å². The number of hydrogen-bond acceptors (Lipinski definition) is 3. The van der Waals surface area contributed by atoms with E-state index in [1.54, 1.807) is 4.57 Å². The van der Waals surface area contributed by atoms with Crippen molar-refractivity contribution in [3.63, 3.8) is 0 Å². The molecule has 1 aliphatic carbocycles. The molecule has 0 bridgehead atoms. The maximum atomic E-state index is 14.0. The summed E-state index contributed by atoms with van der Waals surface area (Å²) in [6.45, 7) is 0.592. The van der Waals surface area contributed by atoms with Crippen LogP contribution in [0, 0.1) is 23.1 Å². The largest absolute Gasteiger partial charge is 0.477 e. The first-order valence-electron chi connectivity index (χ1n) is 6.97. The van der Waals surface area contributed by atoms with Crippen LogP contribution in [0.3, 0.4) is 0 Å². The maximum Gasteiger partial charge on any atom is 0.341 e. The second kappa shape index (κ2) is 5.26. The number of rotatable bonds is 4. The van der Waals surface area contributed by atoms with Crippen molar-refractivity contribution in [3.8, 4) is 6.07 Å². The summed E-state index contributed by atoms with van der Waals surface area (Å²) in [4.78, 5) is 23.4. The Labute approximate surface area is 125 Å². The topological polar surface area (TPSA) is 83.1 Å². The molecule has 3 rings (SSSR count). The second-order valence-corrected chi connectivity index (χ2v) is 5.57. The highest BCUT2D eigenvalue weighted by atomic mass is 19.1. The van der Waals surface area contributed by atoms with Gasteiger partial charge in [0.2, 0.25) is 5.43 Å². The normalized spacial score (nSPS) is 14.0. The highest BCUT2D eigenvalue weighted by Crippen LogP contribution is 2.32. The van der Waals surface area contributed by atoms with Gasteiger partial charge in [-0.3, -0.25) is 4.79 Å². The van der Waals surface area contributed by atoms with Crippen LogP contribution in [0.15, 0.2) is 23.1 Å². The molecule has 0 atom stereocenters. The van der Waals surface area contributed by atoms with E-state index >= 15 is 0 Å². The Morgan fingerprint density at radius 3 is 2.77 bits per heavy atom. The van der Waals surface area contributed by atoms with Crippen molar-refractivity contribution in [1.82, 2.24) is 4.57 Å². The van der Waals surface area contributed by atoms with Crippen LogP contribution < -0.4 is 5.43 Å². The summed E-state index contributed by atoms with van der Waals surface area (Å²) in [6, 6.07) is 4.40. The third kappa shape index (κ3) is 2.46. The zero-order chi connectivity index (χ0) is 15.9. The third-order valence-corrected chi connectivity index (χ3v) is 3.90. The van der Waals surface area contributed by atoms with Gasteiger partial charge in [0.05, 0.1) is 18.0 Å². The summed E-state index contributed by atoms with van der Waals surface area (Å²) >= 11 is 0. The molecular weight excluding hydrogens is 287 g/mol. The van der Waals surface area contributed by atoms with E-state index in [1.165, 1.54) is 12.3 Å². The summed E-state index contributed by atoms with van der Waals surface area (Å²) in [5.41, 5.74) is -0.367. The average molecular weight is 300 g/mol. The highest BCUT2D eigenvalue weighted by molar-refractivity contribution is 5.92. The molecule has 0 saturated heterocycles. The lowest BCUT2D eigenvalue weighted by atomic mass is 10.1. The number of aromatic nitrogens is 1. The van der Waals surface area contributed by atoms with Crippen molar-refractivity contribution in [3.05, 3.63) is 45.5 Å². The molecule has 112 valence electrons. The maximum absolute atomic E-state index is 14.0. The minimum absolute atomic E-state index is 0.0414. The Hall–Kier alpha value is -2.68. The van der Waals surface area contributed by atoms with Gasteiger partial charge >= 0.3 is 5.97 Å². The van der Waals surface area contributed by atoms with Gasteiger partial charge in [-0.1, -0.05) is 0 Å². The standard InChI is InChI=1S/C16H13FN2O3/c17-13-6-11-14(5-10(13)3-4-18)19(7-9-1-2-9)8-12(15(11)20)16(21)22/h5-6,8-9H,1-3,7H2,(H,21,22). The molecule has 1 aromatic heterocycles. The van der Waals surface area contributed by atoms with Crippen LogP contribution in [0.25, 0.3) is 10.9 Å². The van der Waals surface area contributed by atoms with E-state index in [4.69, 9.17) is 10.4 Å². The smallest absolute Gasteiger partial charge is 0.341 e. The number of carbonyl (C=O) groups is 1. The summed E-state index contributed by atoms with van der Waals surface area (Å²) in [5, 5.41) is 17.9. The molecular formula is C16H13FN2O3. The lowest BCUT2D eigenvalue weighted by Gasteiger charge is -2.13. The zero-order valence-corrected chi connectivity index (χ0v) is 11.7. The fraction of sp³-hybridized carbons (Fsp3) is 0.312. The number of hydrogen-bond donors (Lipinski definition) is 1. The SMILES string of the molecule is N#CCc1cc2c(cc1F)c(=O)c(C(=O)O)cn2CC1CC1. The summed E-state index contributed by atoms with van der Waals surface area (Å²) in [5.74, 6) is -1.53. The molecule has 1 aliphatic rings. The van der Waals surface area contributed by atoms with Crippen LogP contribution in [0.4, 0.5) is 4.39 Å². The second-order valence-electron chi connectivity index (χ2n) is 5.57. The van der Waals surface area contributed by atoms with Crippen LogP contribution in [0.1, 0.15) is 28.8 Å². The van der Waals surface area contributed by atoms with Gasteiger partial charge in [-0.25, -0.2) is 9.18 Å². The fourth-order valence-electron chi connectivity index (χ4n) is 2.56. The minimum Gasteiger partial charge on any atom is -0.477 e. The van der Waals surface area contributed by atoms with Crippen LogP contribution >= 0.6 is 0 Å². The van der Waals surface area contributed by atoms with E-state index in [2.05, 4.69) is 0 Å². The first-order chi connectivity index (χ1) is 10.5. The number of halogens is 1. The number of nitrogens with zero attached hydrogens (tertiary/aromatic N) is 2. The van der Waals surface area contributed by atoms with E-state index in [9.17, 15) is 14.0 Å². The van der Waals surface area contributed by atoms with Crippen molar-refractivity contribution in [2.24, 2.45) is 5.92 Å². The van der Waals surface area contributed by atoms with Crippen molar-refractivity contribution in [1.29, 1.82) is 5.26 Å². The molecule has 5 nitrogen and oxygen atoms in total. The Balaban J connectivity index is 2.30. The number of benzene rings is 1. The number of aromatic carboxylic acids is 1. The van der Waals surface area contributed by atoms with Crippen molar-refractivity contribution < 1.29 is 14.3 Å². The first kappa shape index (κ1) is 14.3.